The lowest BCUT2D eigenvalue weighted by molar-refractivity contribution is 0.285. The molecule has 0 saturated carbocycles. The highest BCUT2D eigenvalue weighted by molar-refractivity contribution is 6.35. The van der Waals surface area contributed by atoms with E-state index in [4.69, 9.17) is 23.2 Å². The van der Waals surface area contributed by atoms with E-state index in [9.17, 15) is 0 Å². The topological polar surface area (TPSA) is 12.0 Å². The Balaban J connectivity index is 2.69. The molecule has 0 aliphatic carbocycles. The van der Waals surface area contributed by atoms with Crippen LogP contribution in [0.5, 0.6) is 0 Å². The predicted octanol–water partition coefficient (Wildman–Crippen LogP) is 4.52. The zero-order chi connectivity index (χ0) is 12.3. The normalized spacial score (nSPS) is 13.9. The van der Waals surface area contributed by atoms with Crippen molar-refractivity contribution in [3.05, 3.63) is 33.8 Å². The molecule has 0 radical (unpaired) electrons. The summed E-state index contributed by atoms with van der Waals surface area (Å²) in [6, 6.07) is 6.00. The zero-order valence-corrected chi connectivity index (χ0v) is 11.8. The van der Waals surface area contributed by atoms with Crippen LogP contribution in [0.25, 0.3) is 0 Å². The second kappa shape index (κ2) is 5.39. The SMILES string of the molecule is CC(NCc1c(Cl)cccc1Cl)C(C)(C)C. The van der Waals surface area contributed by atoms with E-state index in [1.54, 1.807) is 0 Å². The highest BCUT2D eigenvalue weighted by Gasteiger charge is 2.19. The van der Waals surface area contributed by atoms with Crippen LogP contribution >= 0.6 is 23.2 Å². The van der Waals surface area contributed by atoms with Gasteiger partial charge in [-0.25, -0.2) is 0 Å². The molecular weight excluding hydrogens is 241 g/mol. The molecule has 1 aromatic carbocycles. The third-order valence-electron chi connectivity index (χ3n) is 2.95. The minimum Gasteiger partial charge on any atom is -0.310 e. The van der Waals surface area contributed by atoms with Crippen molar-refractivity contribution in [1.29, 1.82) is 0 Å². The molecular formula is C13H19Cl2N. The van der Waals surface area contributed by atoms with Crippen LogP contribution in [0.2, 0.25) is 10.0 Å². The van der Waals surface area contributed by atoms with E-state index in [1.165, 1.54) is 0 Å². The largest absolute Gasteiger partial charge is 0.310 e. The van der Waals surface area contributed by atoms with Gasteiger partial charge in [0, 0.05) is 28.2 Å². The summed E-state index contributed by atoms with van der Waals surface area (Å²) in [5.41, 5.74) is 1.20. The lowest BCUT2D eigenvalue weighted by Gasteiger charge is -2.28. The molecule has 1 N–H and O–H groups in total. The minimum atomic E-state index is 0.230. The Morgan fingerprint density at radius 2 is 1.69 bits per heavy atom. The van der Waals surface area contributed by atoms with E-state index < -0.39 is 0 Å². The maximum Gasteiger partial charge on any atom is 0.0465 e. The summed E-state index contributed by atoms with van der Waals surface area (Å²) in [6.45, 7) is 9.50. The average Bonchev–Trinajstić information content (AvgIpc) is 2.15. The first-order valence-electron chi connectivity index (χ1n) is 5.48. The van der Waals surface area contributed by atoms with Crippen LogP contribution in [0.4, 0.5) is 0 Å². The number of benzene rings is 1. The fraction of sp³-hybridized carbons (Fsp3) is 0.538. The Kier molecular flexibility index (Phi) is 4.66. The quantitative estimate of drug-likeness (QED) is 0.842. The van der Waals surface area contributed by atoms with Gasteiger partial charge in [-0.1, -0.05) is 50.0 Å². The number of halogens is 2. The van der Waals surface area contributed by atoms with Gasteiger partial charge in [-0.3, -0.25) is 0 Å². The van der Waals surface area contributed by atoms with Crippen molar-refractivity contribution in [3.63, 3.8) is 0 Å². The summed E-state index contributed by atoms with van der Waals surface area (Å²) in [4.78, 5) is 0. The van der Waals surface area contributed by atoms with E-state index in [-0.39, 0.29) is 5.41 Å². The highest BCUT2D eigenvalue weighted by atomic mass is 35.5. The zero-order valence-electron chi connectivity index (χ0n) is 10.3. The van der Waals surface area contributed by atoms with E-state index in [1.807, 2.05) is 18.2 Å². The molecule has 1 atom stereocenters. The highest BCUT2D eigenvalue weighted by Crippen LogP contribution is 2.25. The molecule has 0 fully saturated rings. The van der Waals surface area contributed by atoms with Gasteiger partial charge in [-0.05, 0) is 24.5 Å². The Hall–Kier alpha value is -0.240. The van der Waals surface area contributed by atoms with Gasteiger partial charge in [0.15, 0.2) is 0 Å². The minimum absolute atomic E-state index is 0.230. The van der Waals surface area contributed by atoms with Crippen molar-refractivity contribution in [2.24, 2.45) is 5.41 Å². The van der Waals surface area contributed by atoms with E-state index in [0.29, 0.717) is 12.6 Å². The standard InChI is InChI=1S/C13H19Cl2N/c1-9(13(2,3)4)16-8-10-11(14)6-5-7-12(10)15/h5-7,9,16H,8H2,1-4H3. The predicted molar refractivity (Wildman–Crippen MR) is 72.2 cm³/mol. The summed E-state index contributed by atoms with van der Waals surface area (Å²) in [5, 5.41) is 4.90. The average molecular weight is 260 g/mol. The molecule has 1 aromatic rings. The van der Waals surface area contributed by atoms with Crippen LogP contribution in [0.3, 0.4) is 0 Å². The Bertz CT molecular complexity index is 335. The van der Waals surface area contributed by atoms with E-state index in [0.717, 1.165) is 15.6 Å². The molecule has 0 aromatic heterocycles. The number of hydrogen-bond donors (Lipinski definition) is 1. The molecule has 0 aliphatic heterocycles. The summed E-state index contributed by atoms with van der Waals surface area (Å²) in [6.07, 6.45) is 0. The maximum absolute atomic E-state index is 6.10. The first-order chi connectivity index (χ1) is 7.32. The first-order valence-corrected chi connectivity index (χ1v) is 6.24. The van der Waals surface area contributed by atoms with Gasteiger partial charge < -0.3 is 5.32 Å². The second-order valence-electron chi connectivity index (χ2n) is 5.17. The van der Waals surface area contributed by atoms with E-state index >= 15 is 0 Å². The summed E-state index contributed by atoms with van der Waals surface area (Å²) >= 11 is 12.2. The molecule has 1 nitrogen and oxygen atoms in total. The lowest BCUT2D eigenvalue weighted by Crippen LogP contribution is -2.37. The molecule has 0 amide bonds. The molecule has 3 heteroatoms. The van der Waals surface area contributed by atoms with Gasteiger partial charge >= 0.3 is 0 Å². The van der Waals surface area contributed by atoms with Gasteiger partial charge in [0.2, 0.25) is 0 Å². The van der Waals surface area contributed by atoms with Crippen molar-refractivity contribution < 1.29 is 0 Å². The summed E-state index contributed by atoms with van der Waals surface area (Å²) in [5.74, 6) is 0. The van der Waals surface area contributed by atoms with Crippen molar-refractivity contribution >= 4 is 23.2 Å². The van der Waals surface area contributed by atoms with Crippen LogP contribution < -0.4 is 5.32 Å². The molecule has 90 valence electrons. The molecule has 0 bridgehead atoms. The molecule has 1 rings (SSSR count). The number of nitrogens with one attached hydrogen (secondary N) is 1. The Morgan fingerprint density at radius 3 is 2.12 bits per heavy atom. The lowest BCUT2D eigenvalue weighted by atomic mass is 9.88. The van der Waals surface area contributed by atoms with Crippen LogP contribution in [0.15, 0.2) is 18.2 Å². The monoisotopic (exact) mass is 259 g/mol. The molecule has 0 heterocycles. The van der Waals surface area contributed by atoms with Gasteiger partial charge in [-0.2, -0.15) is 0 Å². The van der Waals surface area contributed by atoms with Crippen molar-refractivity contribution in [3.8, 4) is 0 Å². The van der Waals surface area contributed by atoms with Crippen LogP contribution in [0.1, 0.15) is 33.3 Å². The smallest absolute Gasteiger partial charge is 0.0465 e. The van der Waals surface area contributed by atoms with Gasteiger partial charge in [-0.15, -0.1) is 0 Å². The van der Waals surface area contributed by atoms with Gasteiger partial charge in [0.25, 0.3) is 0 Å². The van der Waals surface area contributed by atoms with Crippen molar-refractivity contribution in [2.45, 2.75) is 40.3 Å². The number of hydrogen-bond acceptors (Lipinski definition) is 1. The van der Waals surface area contributed by atoms with E-state index in [2.05, 4.69) is 33.0 Å². The van der Waals surface area contributed by atoms with Crippen molar-refractivity contribution in [1.82, 2.24) is 5.32 Å². The number of rotatable bonds is 3. The third kappa shape index (κ3) is 3.65. The fourth-order valence-corrected chi connectivity index (χ4v) is 1.79. The fourth-order valence-electron chi connectivity index (χ4n) is 1.26. The first kappa shape index (κ1) is 13.8. The molecule has 0 saturated heterocycles. The molecule has 16 heavy (non-hydrogen) atoms. The molecule has 1 unspecified atom stereocenters. The van der Waals surface area contributed by atoms with Gasteiger partial charge in [0.1, 0.15) is 0 Å². The van der Waals surface area contributed by atoms with Crippen molar-refractivity contribution in [2.75, 3.05) is 0 Å². The Morgan fingerprint density at radius 1 is 1.19 bits per heavy atom. The summed E-state index contributed by atoms with van der Waals surface area (Å²) in [7, 11) is 0. The maximum atomic E-state index is 6.10. The van der Waals surface area contributed by atoms with Crippen LogP contribution in [0, 0.1) is 5.41 Å². The Labute approximate surface area is 108 Å². The van der Waals surface area contributed by atoms with Gasteiger partial charge in [0.05, 0.1) is 0 Å². The van der Waals surface area contributed by atoms with Crippen LogP contribution in [-0.2, 0) is 6.54 Å². The summed E-state index contributed by atoms with van der Waals surface area (Å²) < 4.78 is 0. The second-order valence-corrected chi connectivity index (χ2v) is 5.98. The molecule has 0 aliphatic rings. The molecule has 0 spiro atoms. The van der Waals surface area contributed by atoms with Crippen LogP contribution in [-0.4, -0.2) is 6.04 Å². The third-order valence-corrected chi connectivity index (χ3v) is 3.65.